The Labute approximate surface area is 56.6 Å². The fourth-order valence-electron chi connectivity index (χ4n) is 0.427. The van der Waals surface area contributed by atoms with E-state index in [0.29, 0.717) is 11.1 Å². The van der Waals surface area contributed by atoms with Crippen molar-refractivity contribution in [1.82, 2.24) is 0 Å². The van der Waals surface area contributed by atoms with Gasteiger partial charge in [0.25, 0.3) is 0 Å². The van der Waals surface area contributed by atoms with Crippen LogP contribution < -0.4 is 0 Å². The van der Waals surface area contributed by atoms with E-state index in [9.17, 15) is 0 Å². The van der Waals surface area contributed by atoms with Gasteiger partial charge < -0.3 is 0 Å². The Morgan fingerprint density at radius 2 is 2.22 bits per heavy atom. The number of nitriles is 2. The first-order chi connectivity index (χ1) is 4.38. The molecule has 1 radical (unpaired) electrons. The van der Waals surface area contributed by atoms with Crippen LogP contribution in [0.4, 0.5) is 0 Å². The van der Waals surface area contributed by atoms with Gasteiger partial charge in [-0.15, -0.1) is 11.3 Å². The Morgan fingerprint density at radius 1 is 1.44 bits per heavy atom. The maximum Gasteiger partial charge on any atom is 0.102 e. The fourth-order valence-corrected chi connectivity index (χ4v) is 1.05. The van der Waals surface area contributed by atoms with E-state index < -0.39 is 0 Å². The van der Waals surface area contributed by atoms with Gasteiger partial charge >= 0.3 is 0 Å². The summed E-state index contributed by atoms with van der Waals surface area (Å²) in [7, 11) is 0. The molecule has 0 amide bonds. The number of hydrogen-bond donors (Lipinski definition) is 0. The predicted octanol–water partition coefficient (Wildman–Crippen LogP) is 1.29. The number of thiophene rings is 1. The summed E-state index contributed by atoms with van der Waals surface area (Å²) >= 11 is 1.25. The van der Waals surface area contributed by atoms with Crippen molar-refractivity contribution < 1.29 is 0 Å². The van der Waals surface area contributed by atoms with E-state index in [1.807, 2.05) is 12.1 Å². The average molecular weight is 133 g/mol. The quantitative estimate of drug-likeness (QED) is 0.535. The van der Waals surface area contributed by atoms with Gasteiger partial charge in [0.1, 0.15) is 12.1 Å². The van der Waals surface area contributed by atoms with Gasteiger partial charge in [0, 0.05) is 5.38 Å². The molecule has 0 aliphatic carbocycles. The molecule has 1 heterocycles. The first-order valence-electron chi connectivity index (χ1n) is 2.18. The maximum atomic E-state index is 8.32. The number of rotatable bonds is 0. The van der Waals surface area contributed by atoms with Crippen molar-refractivity contribution in [2.45, 2.75) is 0 Å². The van der Waals surface area contributed by atoms with E-state index in [1.54, 1.807) is 5.38 Å². The third kappa shape index (κ3) is 0.910. The first kappa shape index (κ1) is 5.81. The van der Waals surface area contributed by atoms with E-state index >= 15 is 0 Å². The largest absolute Gasteiger partial charge is 0.192 e. The van der Waals surface area contributed by atoms with E-state index in [-0.39, 0.29) is 0 Å². The zero-order valence-electron chi connectivity index (χ0n) is 4.38. The van der Waals surface area contributed by atoms with Crippen LogP contribution in [0, 0.1) is 28.0 Å². The highest BCUT2D eigenvalue weighted by Gasteiger charge is 1.99. The number of nitrogens with zero attached hydrogens (tertiary/aromatic N) is 2. The highest BCUT2D eigenvalue weighted by Crippen LogP contribution is 2.10. The van der Waals surface area contributed by atoms with Crippen molar-refractivity contribution in [3.63, 3.8) is 0 Å². The summed E-state index contributed by atoms with van der Waals surface area (Å²) in [5, 5.41) is 20.9. The molecule has 0 spiro atoms. The Morgan fingerprint density at radius 3 is 2.67 bits per heavy atom. The van der Waals surface area contributed by atoms with Gasteiger partial charge in [-0.25, -0.2) is 0 Å². The molecule has 0 fully saturated rings. The standard InChI is InChI=1S/C6HN2S/c7-1-5-3-9-4-6(5)2-8/h3H. The maximum absolute atomic E-state index is 8.32. The Bertz CT molecular complexity index is 258. The van der Waals surface area contributed by atoms with E-state index in [4.69, 9.17) is 10.5 Å². The van der Waals surface area contributed by atoms with Crippen LogP contribution in [0.2, 0.25) is 0 Å². The second kappa shape index (κ2) is 2.30. The lowest BCUT2D eigenvalue weighted by Crippen LogP contribution is -1.71. The lowest BCUT2D eigenvalue weighted by Gasteiger charge is -1.73. The molecule has 9 heavy (non-hydrogen) atoms. The minimum atomic E-state index is 0.350. The van der Waals surface area contributed by atoms with Gasteiger partial charge in [-0.2, -0.15) is 10.5 Å². The second-order valence-electron chi connectivity index (χ2n) is 1.35. The number of hydrogen-bond acceptors (Lipinski definition) is 3. The van der Waals surface area contributed by atoms with Crippen LogP contribution in [0.1, 0.15) is 11.1 Å². The Balaban J connectivity index is 3.22. The van der Waals surface area contributed by atoms with E-state index in [2.05, 4.69) is 5.38 Å². The highest BCUT2D eigenvalue weighted by atomic mass is 32.1. The van der Waals surface area contributed by atoms with Crippen molar-refractivity contribution in [3.05, 3.63) is 21.9 Å². The molecule has 0 aromatic carbocycles. The summed E-state index contributed by atoms with van der Waals surface area (Å²) in [6.07, 6.45) is 0. The van der Waals surface area contributed by atoms with Gasteiger partial charge in [0.15, 0.2) is 0 Å². The molecule has 1 aromatic heterocycles. The molecule has 1 aromatic rings. The van der Waals surface area contributed by atoms with Gasteiger partial charge in [-0.05, 0) is 0 Å². The lowest BCUT2D eigenvalue weighted by molar-refractivity contribution is 1.46. The third-order valence-corrected chi connectivity index (χ3v) is 1.51. The van der Waals surface area contributed by atoms with Crippen LogP contribution in [0.3, 0.4) is 0 Å². The second-order valence-corrected chi connectivity index (χ2v) is 2.03. The Hall–Kier alpha value is -1.32. The van der Waals surface area contributed by atoms with Crippen molar-refractivity contribution in [2.75, 3.05) is 0 Å². The molecule has 0 unspecified atom stereocenters. The SMILES string of the molecule is N#Cc1[c]scc1C#N. The molecule has 0 bridgehead atoms. The van der Waals surface area contributed by atoms with Crippen LogP contribution in [0.5, 0.6) is 0 Å². The molecule has 0 atom stereocenters. The van der Waals surface area contributed by atoms with Gasteiger partial charge in [0.2, 0.25) is 0 Å². The third-order valence-electron chi connectivity index (χ3n) is 0.839. The lowest BCUT2D eigenvalue weighted by atomic mass is 10.2. The van der Waals surface area contributed by atoms with Crippen molar-refractivity contribution in [3.8, 4) is 12.1 Å². The van der Waals surface area contributed by atoms with Crippen LogP contribution in [-0.4, -0.2) is 0 Å². The molecule has 0 aliphatic heterocycles. The predicted molar refractivity (Wildman–Crippen MR) is 32.6 cm³/mol. The first-order valence-corrected chi connectivity index (χ1v) is 3.06. The zero-order chi connectivity index (χ0) is 6.69. The summed E-state index contributed by atoms with van der Waals surface area (Å²) in [4.78, 5) is 0. The van der Waals surface area contributed by atoms with Gasteiger partial charge in [0.05, 0.1) is 16.5 Å². The highest BCUT2D eigenvalue weighted by molar-refractivity contribution is 7.07. The molecule has 0 saturated heterocycles. The summed E-state index contributed by atoms with van der Waals surface area (Å²) in [6, 6.07) is 3.74. The molecular weight excluding hydrogens is 132 g/mol. The normalized spacial score (nSPS) is 7.78. The summed E-state index contributed by atoms with van der Waals surface area (Å²) in [5.74, 6) is 0. The average Bonchev–Trinajstić information content (AvgIpc) is 2.33. The van der Waals surface area contributed by atoms with Crippen LogP contribution >= 0.6 is 11.3 Å². The molecule has 0 N–H and O–H groups in total. The van der Waals surface area contributed by atoms with Crippen molar-refractivity contribution >= 4 is 11.3 Å². The van der Waals surface area contributed by atoms with Gasteiger partial charge in [-0.3, -0.25) is 0 Å². The van der Waals surface area contributed by atoms with Crippen LogP contribution in [0.25, 0.3) is 0 Å². The molecular formula is C6HN2S. The van der Waals surface area contributed by atoms with Crippen molar-refractivity contribution in [2.24, 2.45) is 0 Å². The summed E-state index contributed by atoms with van der Waals surface area (Å²) in [6.45, 7) is 0. The van der Waals surface area contributed by atoms with Gasteiger partial charge in [-0.1, -0.05) is 0 Å². The topological polar surface area (TPSA) is 47.6 Å². The molecule has 0 aliphatic rings. The minimum Gasteiger partial charge on any atom is -0.192 e. The molecule has 41 valence electrons. The molecule has 0 saturated carbocycles. The van der Waals surface area contributed by atoms with Crippen LogP contribution in [0.15, 0.2) is 5.38 Å². The smallest absolute Gasteiger partial charge is 0.102 e. The molecule has 3 heteroatoms. The molecule has 1 rings (SSSR count). The zero-order valence-corrected chi connectivity index (χ0v) is 5.20. The monoisotopic (exact) mass is 133 g/mol. The molecule has 2 nitrogen and oxygen atoms in total. The van der Waals surface area contributed by atoms with E-state index in [0.717, 1.165) is 0 Å². The van der Waals surface area contributed by atoms with E-state index in [1.165, 1.54) is 11.3 Å². The summed E-state index contributed by atoms with van der Waals surface area (Å²) in [5.41, 5.74) is 0.769. The summed E-state index contributed by atoms with van der Waals surface area (Å²) < 4.78 is 0. The fraction of sp³-hybridized carbons (Fsp3) is 0. The minimum absolute atomic E-state index is 0.350. The Kier molecular flexibility index (Phi) is 1.48. The van der Waals surface area contributed by atoms with Crippen LogP contribution in [-0.2, 0) is 0 Å². The van der Waals surface area contributed by atoms with Crippen molar-refractivity contribution in [1.29, 1.82) is 10.5 Å².